The number of amides is 1. The van der Waals surface area contributed by atoms with Gasteiger partial charge in [-0.05, 0) is 43.2 Å². The molecule has 0 N–H and O–H groups in total. The van der Waals surface area contributed by atoms with Gasteiger partial charge in [-0.15, -0.1) is 0 Å². The van der Waals surface area contributed by atoms with Crippen LogP contribution in [-0.2, 0) is 0 Å². The smallest absolute Gasteiger partial charge is 0.253 e. The summed E-state index contributed by atoms with van der Waals surface area (Å²) in [5.41, 5.74) is 1.25. The molecule has 0 unspecified atom stereocenters. The lowest BCUT2D eigenvalue weighted by molar-refractivity contribution is 0.0695. The maximum atomic E-state index is 12.9. The Hall–Kier alpha value is -3.26. The van der Waals surface area contributed by atoms with Crippen LogP contribution in [0.1, 0.15) is 35.0 Å². The highest BCUT2D eigenvalue weighted by Gasteiger charge is 2.29. The van der Waals surface area contributed by atoms with E-state index >= 15 is 0 Å². The summed E-state index contributed by atoms with van der Waals surface area (Å²) >= 11 is 6.05. The second-order valence-electron chi connectivity index (χ2n) is 7.47. The van der Waals surface area contributed by atoms with Gasteiger partial charge in [0, 0.05) is 29.2 Å². The Kier molecular flexibility index (Phi) is 6.50. The lowest BCUT2D eigenvalue weighted by Crippen LogP contribution is -2.39. The van der Waals surface area contributed by atoms with Gasteiger partial charge in [-0.25, -0.2) is 0 Å². The Balaban J connectivity index is 1.55. The van der Waals surface area contributed by atoms with E-state index < -0.39 is 0 Å². The number of piperidine rings is 1. The molecule has 1 aliphatic heterocycles. The van der Waals surface area contributed by atoms with E-state index in [2.05, 4.69) is 10.1 Å². The molecular weight excluding hydrogens is 434 g/mol. The first kappa shape index (κ1) is 22.0. The zero-order valence-electron chi connectivity index (χ0n) is 18.1. The van der Waals surface area contributed by atoms with Crippen LogP contribution >= 0.6 is 11.6 Å². The summed E-state index contributed by atoms with van der Waals surface area (Å²) in [6.45, 7) is 1.18. The van der Waals surface area contributed by atoms with E-state index in [1.807, 2.05) is 4.90 Å². The number of nitrogens with zero attached hydrogens (tertiary/aromatic N) is 3. The van der Waals surface area contributed by atoms with Crippen molar-refractivity contribution in [3.05, 3.63) is 52.9 Å². The molecule has 168 valence electrons. The van der Waals surface area contributed by atoms with Crippen LogP contribution in [0, 0.1) is 0 Å². The first-order valence-corrected chi connectivity index (χ1v) is 10.6. The van der Waals surface area contributed by atoms with Gasteiger partial charge in [-0.2, -0.15) is 4.98 Å². The van der Waals surface area contributed by atoms with Crippen LogP contribution in [0.2, 0.25) is 5.02 Å². The van der Waals surface area contributed by atoms with Gasteiger partial charge in [0.2, 0.25) is 17.5 Å². The van der Waals surface area contributed by atoms with E-state index in [1.165, 1.54) is 0 Å². The second-order valence-corrected chi connectivity index (χ2v) is 7.91. The summed E-state index contributed by atoms with van der Waals surface area (Å²) in [4.78, 5) is 19.3. The normalized spacial score (nSPS) is 16.0. The Morgan fingerprint density at radius 1 is 1.12 bits per heavy atom. The summed E-state index contributed by atoms with van der Waals surface area (Å²) in [5, 5.41) is 4.69. The Bertz CT molecular complexity index is 1090. The maximum absolute atomic E-state index is 12.9. The van der Waals surface area contributed by atoms with Crippen molar-refractivity contribution in [3.63, 3.8) is 0 Å². The van der Waals surface area contributed by atoms with Gasteiger partial charge in [-0.3, -0.25) is 4.79 Å². The van der Waals surface area contributed by atoms with Crippen LogP contribution in [0.15, 0.2) is 40.9 Å². The first-order chi connectivity index (χ1) is 15.5. The van der Waals surface area contributed by atoms with Crippen molar-refractivity contribution in [2.24, 2.45) is 0 Å². The van der Waals surface area contributed by atoms with Gasteiger partial charge < -0.3 is 23.6 Å². The third-order valence-electron chi connectivity index (χ3n) is 5.49. The number of halogens is 1. The van der Waals surface area contributed by atoms with E-state index in [1.54, 1.807) is 57.7 Å². The maximum Gasteiger partial charge on any atom is 0.253 e. The highest BCUT2D eigenvalue weighted by Crippen LogP contribution is 2.41. The summed E-state index contributed by atoms with van der Waals surface area (Å²) in [5.74, 6) is 2.31. The zero-order valence-corrected chi connectivity index (χ0v) is 18.9. The van der Waals surface area contributed by atoms with E-state index in [4.69, 9.17) is 30.3 Å². The fourth-order valence-electron chi connectivity index (χ4n) is 3.90. The Labute approximate surface area is 191 Å². The number of likely N-dealkylation sites (tertiary alicyclic amines) is 1. The minimum atomic E-state index is -0.0541. The molecule has 1 aliphatic rings. The lowest BCUT2D eigenvalue weighted by Gasteiger charge is -2.31. The quantitative estimate of drug-likeness (QED) is 0.540. The third-order valence-corrected chi connectivity index (χ3v) is 5.73. The molecule has 0 spiro atoms. The van der Waals surface area contributed by atoms with Crippen molar-refractivity contribution in [2.45, 2.75) is 18.8 Å². The monoisotopic (exact) mass is 457 g/mol. The molecule has 8 nitrogen and oxygen atoms in total. The molecule has 1 fully saturated rings. The molecule has 0 aliphatic carbocycles. The molecule has 1 aromatic heterocycles. The molecule has 32 heavy (non-hydrogen) atoms. The van der Waals surface area contributed by atoms with Crippen LogP contribution in [0.3, 0.4) is 0 Å². The van der Waals surface area contributed by atoms with Gasteiger partial charge in [0.1, 0.15) is 0 Å². The van der Waals surface area contributed by atoms with Gasteiger partial charge >= 0.3 is 0 Å². The number of hydrogen-bond acceptors (Lipinski definition) is 7. The molecule has 4 rings (SSSR count). The number of ether oxygens (including phenoxy) is 3. The number of carbonyl (C=O) groups is 1. The van der Waals surface area contributed by atoms with Crippen molar-refractivity contribution in [3.8, 4) is 28.6 Å². The Morgan fingerprint density at radius 3 is 2.53 bits per heavy atom. The van der Waals surface area contributed by atoms with Crippen molar-refractivity contribution < 1.29 is 23.5 Å². The molecule has 9 heteroatoms. The lowest BCUT2D eigenvalue weighted by atomic mass is 9.97. The molecule has 1 atom stereocenters. The molecule has 1 saturated heterocycles. The number of hydrogen-bond donors (Lipinski definition) is 0. The Morgan fingerprint density at radius 2 is 1.88 bits per heavy atom. The first-order valence-electron chi connectivity index (χ1n) is 10.2. The molecule has 0 radical (unpaired) electrons. The standard InChI is InChI=1S/C23H24ClN3O5/c1-29-18-11-16(12-19(30-2)20(18)31-3)21-25-22(32-26-21)15-7-5-9-27(13-15)23(28)14-6-4-8-17(24)10-14/h4,6,8,10-12,15H,5,7,9,13H2,1-3H3/t15-/m1/s1. The second kappa shape index (κ2) is 9.48. The molecule has 0 saturated carbocycles. The highest BCUT2D eigenvalue weighted by molar-refractivity contribution is 6.30. The van der Waals surface area contributed by atoms with Crippen LogP contribution in [0.4, 0.5) is 0 Å². The van der Waals surface area contributed by atoms with Gasteiger partial charge in [0.05, 0.1) is 27.2 Å². The fourth-order valence-corrected chi connectivity index (χ4v) is 4.09. The zero-order chi connectivity index (χ0) is 22.7. The molecule has 0 bridgehead atoms. The summed E-state index contributed by atoms with van der Waals surface area (Å²) in [7, 11) is 4.65. The summed E-state index contributed by atoms with van der Waals surface area (Å²) in [6, 6.07) is 10.5. The van der Waals surface area contributed by atoms with Gasteiger partial charge in [0.25, 0.3) is 5.91 Å². The number of benzene rings is 2. The van der Waals surface area contributed by atoms with Crippen LogP contribution in [0.25, 0.3) is 11.4 Å². The minimum absolute atomic E-state index is 0.0461. The fraction of sp³-hybridized carbons (Fsp3) is 0.348. The van der Waals surface area contributed by atoms with E-state index in [0.29, 0.717) is 58.2 Å². The number of methoxy groups -OCH3 is 3. The SMILES string of the molecule is COc1cc(-c2noc([C@@H]3CCCN(C(=O)c4cccc(Cl)c4)C3)n2)cc(OC)c1OC. The summed E-state index contributed by atoms with van der Waals surface area (Å²) < 4.78 is 21.8. The molecule has 2 aromatic carbocycles. The molecular formula is C23H24ClN3O5. The van der Waals surface area contributed by atoms with Gasteiger partial charge in [0.15, 0.2) is 11.5 Å². The van der Waals surface area contributed by atoms with Crippen molar-refractivity contribution >= 4 is 17.5 Å². The predicted molar refractivity (Wildman–Crippen MR) is 119 cm³/mol. The largest absolute Gasteiger partial charge is 0.493 e. The van der Waals surface area contributed by atoms with Crippen molar-refractivity contribution in [1.82, 2.24) is 15.0 Å². The van der Waals surface area contributed by atoms with Crippen molar-refractivity contribution in [1.29, 1.82) is 0 Å². The van der Waals surface area contributed by atoms with Crippen LogP contribution in [-0.4, -0.2) is 55.4 Å². The predicted octanol–water partition coefficient (Wildman–Crippen LogP) is 4.44. The van der Waals surface area contributed by atoms with E-state index in [0.717, 1.165) is 12.8 Å². The van der Waals surface area contributed by atoms with Crippen LogP contribution < -0.4 is 14.2 Å². The number of carbonyl (C=O) groups excluding carboxylic acids is 1. The molecule has 2 heterocycles. The van der Waals surface area contributed by atoms with Gasteiger partial charge in [-0.1, -0.05) is 22.8 Å². The third kappa shape index (κ3) is 4.36. The molecule has 3 aromatic rings. The topological polar surface area (TPSA) is 86.9 Å². The number of rotatable bonds is 6. The van der Waals surface area contributed by atoms with E-state index in [9.17, 15) is 4.79 Å². The molecule has 1 amide bonds. The average molecular weight is 458 g/mol. The number of aromatic nitrogens is 2. The highest BCUT2D eigenvalue weighted by atomic mass is 35.5. The van der Waals surface area contributed by atoms with E-state index in [-0.39, 0.29) is 11.8 Å². The summed E-state index contributed by atoms with van der Waals surface area (Å²) in [6.07, 6.45) is 1.70. The minimum Gasteiger partial charge on any atom is -0.493 e. The van der Waals surface area contributed by atoms with Crippen molar-refractivity contribution in [2.75, 3.05) is 34.4 Å². The average Bonchev–Trinajstić information content (AvgIpc) is 3.33. The van der Waals surface area contributed by atoms with Crippen LogP contribution in [0.5, 0.6) is 17.2 Å².